The predicted octanol–water partition coefficient (Wildman–Crippen LogP) is 2.01. The molecule has 0 spiro atoms. The number of nitrogens with one attached hydrogen (secondary N) is 2. The van der Waals surface area contributed by atoms with Gasteiger partial charge in [-0.3, -0.25) is 14.9 Å². The van der Waals surface area contributed by atoms with Crippen LogP contribution in [-0.2, 0) is 11.3 Å². The fourth-order valence-corrected chi connectivity index (χ4v) is 2.56. The van der Waals surface area contributed by atoms with E-state index in [2.05, 4.69) is 21.2 Å². The monoisotopic (exact) mass is 378 g/mol. The number of nitrogens with zero attached hydrogens (tertiary/aromatic N) is 1. The Hall–Kier alpha value is -2.25. The number of amides is 1. The van der Waals surface area contributed by atoms with Crippen LogP contribution in [-0.4, -0.2) is 24.4 Å². The Morgan fingerprint density at radius 3 is 2.48 bits per heavy atom. The zero-order valence-corrected chi connectivity index (χ0v) is 14.2. The molecular formula is C16H17BrN3O3+. The molecule has 2 N–H and O–H groups in total. The molecule has 2 aromatic rings. The zero-order valence-electron chi connectivity index (χ0n) is 12.6. The summed E-state index contributed by atoms with van der Waals surface area (Å²) in [4.78, 5) is 23.3. The van der Waals surface area contributed by atoms with Crippen LogP contribution in [0.25, 0.3) is 0 Å². The molecule has 2 rings (SSSR count). The van der Waals surface area contributed by atoms with Crippen LogP contribution in [0, 0.1) is 10.1 Å². The minimum absolute atomic E-state index is 0.0677. The summed E-state index contributed by atoms with van der Waals surface area (Å²) in [5, 5.41) is 13.5. The van der Waals surface area contributed by atoms with Gasteiger partial charge in [-0.15, -0.1) is 0 Å². The van der Waals surface area contributed by atoms with Gasteiger partial charge >= 0.3 is 0 Å². The van der Waals surface area contributed by atoms with Gasteiger partial charge in [0.05, 0.1) is 17.7 Å². The Labute approximate surface area is 142 Å². The van der Waals surface area contributed by atoms with Crippen molar-refractivity contribution in [2.24, 2.45) is 0 Å². The molecule has 1 amide bonds. The van der Waals surface area contributed by atoms with E-state index in [1.807, 2.05) is 31.3 Å². The summed E-state index contributed by atoms with van der Waals surface area (Å²) >= 11 is 3.39. The number of nitro groups is 1. The van der Waals surface area contributed by atoms with Gasteiger partial charge in [0, 0.05) is 22.2 Å². The second-order valence-corrected chi connectivity index (χ2v) is 6.12. The first-order valence-corrected chi connectivity index (χ1v) is 7.84. The summed E-state index contributed by atoms with van der Waals surface area (Å²) in [6.07, 6.45) is 0. The molecule has 2 aromatic carbocycles. The molecule has 0 aromatic heterocycles. The summed E-state index contributed by atoms with van der Waals surface area (Å²) in [6.45, 7) is 0.916. The van der Waals surface area contributed by atoms with E-state index in [1.54, 1.807) is 12.1 Å². The maximum Gasteiger partial charge on any atom is 0.279 e. The predicted molar refractivity (Wildman–Crippen MR) is 91.3 cm³/mol. The first kappa shape index (κ1) is 17.1. The quantitative estimate of drug-likeness (QED) is 0.596. The molecule has 120 valence electrons. The van der Waals surface area contributed by atoms with E-state index >= 15 is 0 Å². The standard InChI is InChI=1S/C16H16BrN3O3/c1-19(10-12-6-8-13(9-7-12)20(22)23)11-16(21)18-15-5-3-2-4-14(15)17/h2-9H,10-11H2,1H3,(H,18,21)/p+1. The lowest BCUT2D eigenvalue weighted by Crippen LogP contribution is -3.08. The van der Waals surface area contributed by atoms with E-state index in [9.17, 15) is 14.9 Å². The number of likely N-dealkylation sites (N-methyl/N-ethyl adjacent to an activating group) is 1. The normalized spacial score (nSPS) is 11.7. The molecule has 0 aliphatic carbocycles. The van der Waals surface area contributed by atoms with Crippen molar-refractivity contribution in [3.63, 3.8) is 0 Å². The lowest BCUT2D eigenvalue weighted by Gasteiger charge is -2.14. The van der Waals surface area contributed by atoms with Crippen LogP contribution in [0.3, 0.4) is 0 Å². The average molecular weight is 379 g/mol. The summed E-state index contributed by atoms with van der Waals surface area (Å²) in [7, 11) is 1.90. The number of benzene rings is 2. The van der Waals surface area contributed by atoms with E-state index in [1.165, 1.54) is 12.1 Å². The van der Waals surface area contributed by atoms with Gasteiger partial charge in [0.15, 0.2) is 6.54 Å². The van der Waals surface area contributed by atoms with E-state index in [-0.39, 0.29) is 11.6 Å². The highest BCUT2D eigenvalue weighted by Crippen LogP contribution is 2.20. The number of para-hydroxylation sites is 1. The molecule has 0 fully saturated rings. The number of quaternary nitrogens is 1. The smallest absolute Gasteiger partial charge is 0.279 e. The van der Waals surface area contributed by atoms with Gasteiger partial charge < -0.3 is 10.2 Å². The van der Waals surface area contributed by atoms with Crippen molar-refractivity contribution >= 4 is 33.2 Å². The molecule has 0 aliphatic rings. The highest BCUT2D eigenvalue weighted by atomic mass is 79.9. The third kappa shape index (κ3) is 5.15. The third-order valence-electron chi connectivity index (χ3n) is 3.26. The maximum atomic E-state index is 12.1. The van der Waals surface area contributed by atoms with Gasteiger partial charge in [0.2, 0.25) is 0 Å². The SMILES string of the molecule is C[NH+](CC(=O)Nc1ccccc1Br)Cc1ccc([N+](=O)[O-])cc1. The minimum Gasteiger partial charge on any atom is -0.326 e. The van der Waals surface area contributed by atoms with Gasteiger partial charge in [0.1, 0.15) is 6.54 Å². The second-order valence-electron chi connectivity index (χ2n) is 5.26. The molecule has 0 bridgehead atoms. The van der Waals surface area contributed by atoms with Crippen molar-refractivity contribution in [3.8, 4) is 0 Å². The van der Waals surface area contributed by atoms with E-state index < -0.39 is 4.92 Å². The van der Waals surface area contributed by atoms with Crippen LogP contribution < -0.4 is 10.2 Å². The van der Waals surface area contributed by atoms with Crippen LogP contribution in [0.4, 0.5) is 11.4 Å². The number of hydrogen-bond acceptors (Lipinski definition) is 3. The van der Waals surface area contributed by atoms with Crippen LogP contribution >= 0.6 is 15.9 Å². The first-order chi connectivity index (χ1) is 11.0. The van der Waals surface area contributed by atoms with Crippen LogP contribution in [0.15, 0.2) is 53.0 Å². The molecule has 1 atom stereocenters. The summed E-state index contributed by atoms with van der Waals surface area (Å²) in [5.41, 5.74) is 1.75. The Balaban J connectivity index is 1.89. The number of hydrogen-bond donors (Lipinski definition) is 2. The number of carbonyl (C=O) groups excluding carboxylic acids is 1. The zero-order chi connectivity index (χ0) is 16.8. The second kappa shape index (κ2) is 7.85. The molecule has 0 saturated heterocycles. The lowest BCUT2D eigenvalue weighted by molar-refractivity contribution is -0.885. The summed E-state index contributed by atoms with van der Waals surface area (Å²) in [5.74, 6) is -0.0867. The van der Waals surface area contributed by atoms with Gasteiger partial charge in [-0.2, -0.15) is 0 Å². The Morgan fingerprint density at radius 2 is 1.87 bits per heavy atom. The molecule has 6 nitrogen and oxygen atoms in total. The van der Waals surface area contributed by atoms with E-state index in [0.29, 0.717) is 13.1 Å². The number of nitro benzene ring substituents is 1. The minimum atomic E-state index is -0.425. The molecule has 0 aliphatic heterocycles. The number of anilines is 1. The Bertz CT molecular complexity index is 704. The summed E-state index contributed by atoms with van der Waals surface area (Å²) < 4.78 is 0.835. The van der Waals surface area contributed by atoms with Crippen molar-refractivity contribution in [2.75, 3.05) is 18.9 Å². The van der Waals surface area contributed by atoms with Crippen molar-refractivity contribution in [1.29, 1.82) is 0 Å². The Morgan fingerprint density at radius 1 is 1.22 bits per heavy atom. The van der Waals surface area contributed by atoms with Crippen molar-refractivity contribution < 1.29 is 14.6 Å². The van der Waals surface area contributed by atoms with Crippen molar-refractivity contribution in [2.45, 2.75) is 6.54 Å². The average Bonchev–Trinajstić information content (AvgIpc) is 2.50. The van der Waals surface area contributed by atoms with Gasteiger partial charge in [-0.25, -0.2) is 0 Å². The number of carbonyl (C=O) groups is 1. The summed E-state index contributed by atoms with van der Waals surface area (Å²) in [6, 6.07) is 13.8. The fourth-order valence-electron chi connectivity index (χ4n) is 2.18. The van der Waals surface area contributed by atoms with Crippen LogP contribution in [0.2, 0.25) is 0 Å². The number of halogens is 1. The highest BCUT2D eigenvalue weighted by molar-refractivity contribution is 9.10. The van der Waals surface area contributed by atoms with E-state index in [4.69, 9.17) is 0 Å². The van der Waals surface area contributed by atoms with Crippen molar-refractivity contribution in [3.05, 3.63) is 68.7 Å². The van der Waals surface area contributed by atoms with Crippen molar-refractivity contribution in [1.82, 2.24) is 0 Å². The Kier molecular flexibility index (Phi) is 5.84. The molecular weight excluding hydrogens is 362 g/mol. The van der Waals surface area contributed by atoms with Gasteiger partial charge in [-0.05, 0) is 40.2 Å². The van der Waals surface area contributed by atoms with Crippen LogP contribution in [0.5, 0.6) is 0 Å². The molecule has 0 saturated carbocycles. The molecule has 23 heavy (non-hydrogen) atoms. The lowest BCUT2D eigenvalue weighted by atomic mass is 10.2. The maximum absolute atomic E-state index is 12.1. The van der Waals surface area contributed by atoms with Crippen LogP contribution in [0.1, 0.15) is 5.56 Å². The first-order valence-electron chi connectivity index (χ1n) is 7.04. The number of rotatable bonds is 6. The molecule has 1 unspecified atom stereocenters. The molecule has 7 heteroatoms. The largest absolute Gasteiger partial charge is 0.326 e. The number of non-ortho nitro benzene ring substituents is 1. The third-order valence-corrected chi connectivity index (χ3v) is 3.95. The molecule has 0 radical (unpaired) electrons. The highest BCUT2D eigenvalue weighted by Gasteiger charge is 2.13. The van der Waals surface area contributed by atoms with E-state index in [0.717, 1.165) is 20.6 Å². The van der Waals surface area contributed by atoms with Gasteiger partial charge in [-0.1, -0.05) is 12.1 Å². The van der Waals surface area contributed by atoms with Gasteiger partial charge in [0.25, 0.3) is 11.6 Å². The topological polar surface area (TPSA) is 76.7 Å². The molecule has 0 heterocycles. The fraction of sp³-hybridized carbons (Fsp3) is 0.188.